The summed E-state index contributed by atoms with van der Waals surface area (Å²) in [5.41, 5.74) is 2.67. The number of nitrogens with zero attached hydrogens (tertiary/aromatic N) is 3. The molecule has 0 aromatic carbocycles. The highest BCUT2D eigenvalue weighted by molar-refractivity contribution is 5.85. The highest BCUT2D eigenvalue weighted by Crippen LogP contribution is 2.09. The van der Waals surface area contributed by atoms with Crippen LogP contribution >= 0.6 is 12.4 Å². The van der Waals surface area contributed by atoms with Gasteiger partial charge < -0.3 is 10.6 Å². The number of aromatic nitrogens is 3. The Morgan fingerprint density at radius 2 is 1.50 bits per heavy atom. The summed E-state index contributed by atoms with van der Waals surface area (Å²) < 4.78 is 0. The molecule has 0 saturated heterocycles. The van der Waals surface area contributed by atoms with E-state index in [4.69, 9.17) is 4.84 Å². The Labute approximate surface area is 126 Å². The molecule has 7 nitrogen and oxygen atoms in total. The lowest BCUT2D eigenvalue weighted by Gasteiger charge is -2.10. The van der Waals surface area contributed by atoms with Crippen LogP contribution in [0, 0.1) is 0 Å². The predicted molar refractivity (Wildman–Crippen MR) is 84.4 cm³/mol. The molecule has 20 heavy (non-hydrogen) atoms. The minimum absolute atomic E-state index is 0. The Morgan fingerprint density at radius 1 is 1.00 bits per heavy atom. The molecule has 0 atom stereocenters. The molecule has 1 heterocycles. The van der Waals surface area contributed by atoms with Crippen molar-refractivity contribution in [2.24, 2.45) is 0 Å². The summed E-state index contributed by atoms with van der Waals surface area (Å²) in [4.78, 5) is 17.8. The van der Waals surface area contributed by atoms with E-state index in [0.717, 1.165) is 25.9 Å². The molecule has 0 aliphatic heterocycles. The molecule has 0 spiro atoms. The van der Waals surface area contributed by atoms with Gasteiger partial charge in [-0.25, -0.2) is 5.48 Å². The van der Waals surface area contributed by atoms with Crippen molar-refractivity contribution in [2.45, 2.75) is 26.7 Å². The van der Waals surface area contributed by atoms with Gasteiger partial charge in [-0.15, -0.1) is 19.0 Å². The number of hydrogen-bond acceptors (Lipinski definition) is 7. The summed E-state index contributed by atoms with van der Waals surface area (Å²) in [5.74, 6) is 1.43. The van der Waals surface area contributed by atoms with Crippen LogP contribution in [-0.2, 0) is 4.84 Å². The lowest BCUT2D eigenvalue weighted by molar-refractivity contribution is 0.225. The van der Waals surface area contributed by atoms with Crippen LogP contribution in [0.2, 0.25) is 0 Å². The predicted octanol–water partition coefficient (Wildman–Crippen LogP) is 2.47. The first-order chi connectivity index (χ1) is 9.30. The third-order valence-electron chi connectivity index (χ3n) is 2.07. The number of rotatable bonds is 10. The molecule has 1 rings (SSSR count). The van der Waals surface area contributed by atoms with Gasteiger partial charge in [0.05, 0.1) is 6.61 Å². The average molecular weight is 303 g/mol. The normalized spacial score (nSPS) is 9.50. The first-order valence-electron chi connectivity index (χ1n) is 6.52. The first kappa shape index (κ1) is 18.4. The Balaban J connectivity index is 0.00000361. The van der Waals surface area contributed by atoms with E-state index < -0.39 is 0 Å². The molecular formula is C12H23ClN6O. The van der Waals surface area contributed by atoms with Crippen molar-refractivity contribution in [1.29, 1.82) is 0 Å². The van der Waals surface area contributed by atoms with E-state index in [9.17, 15) is 0 Å². The summed E-state index contributed by atoms with van der Waals surface area (Å²) in [7, 11) is 0. The standard InChI is InChI=1S/C12H22N6O.ClH/c1-4-7-13-10-15-11(14-8-5-2)17-12(16-10)18-19-9-6-3;/h6H,3-5,7-9H2,1-2H3,(H3,13,14,15,16,17,18);1H. The molecule has 114 valence electrons. The molecule has 0 unspecified atom stereocenters. The molecule has 0 fully saturated rings. The van der Waals surface area contributed by atoms with Gasteiger partial charge >= 0.3 is 0 Å². The zero-order chi connectivity index (χ0) is 13.9. The van der Waals surface area contributed by atoms with Gasteiger partial charge in [0, 0.05) is 13.1 Å². The van der Waals surface area contributed by atoms with Crippen LogP contribution in [0.4, 0.5) is 17.8 Å². The van der Waals surface area contributed by atoms with E-state index in [0.29, 0.717) is 24.5 Å². The lowest BCUT2D eigenvalue weighted by atomic mass is 10.5. The Bertz CT molecular complexity index is 364. The third-order valence-corrected chi connectivity index (χ3v) is 2.07. The quantitative estimate of drug-likeness (QED) is 0.348. The lowest BCUT2D eigenvalue weighted by Crippen LogP contribution is -2.13. The Morgan fingerprint density at radius 3 is 1.95 bits per heavy atom. The fraction of sp³-hybridized carbons (Fsp3) is 0.583. The summed E-state index contributed by atoms with van der Waals surface area (Å²) >= 11 is 0. The van der Waals surface area contributed by atoms with Gasteiger partial charge in [0.2, 0.25) is 11.9 Å². The number of halogens is 1. The maximum atomic E-state index is 5.11. The zero-order valence-corrected chi connectivity index (χ0v) is 12.8. The zero-order valence-electron chi connectivity index (χ0n) is 12.0. The van der Waals surface area contributed by atoms with E-state index in [1.165, 1.54) is 0 Å². The minimum Gasteiger partial charge on any atom is -0.354 e. The van der Waals surface area contributed by atoms with E-state index in [1.807, 2.05) is 0 Å². The Hall–Kier alpha value is -1.60. The fourth-order valence-electron chi connectivity index (χ4n) is 1.22. The molecule has 3 N–H and O–H groups in total. The molecule has 8 heteroatoms. The molecule has 0 bridgehead atoms. The molecular weight excluding hydrogens is 280 g/mol. The van der Waals surface area contributed by atoms with Crippen LogP contribution in [-0.4, -0.2) is 34.6 Å². The summed E-state index contributed by atoms with van der Waals surface area (Å²) in [5, 5.41) is 6.25. The maximum Gasteiger partial charge on any atom is 0.253 e. The van der Waals surface area contributed by atoms with E-state index >= 15 is 0 Å². The van der Waals surface area contributed by atoms with Gasteiger partial charge in [-0.05, 0) is 12.8 Å². The van der Waals surface area contributed by atoms with Crippen molar-refractivity contribution in [1.82, 2.24) is 15.0 Å². The monoisotopic (exact) mass is 302 g/mol. The van der Waals surface area contributed by atoms with Crippen LogP contribution in [0.1, 0.15) is 26.7 Å². The second kappa shape index (κ2) is 11.2. The van der Waals surface area contributed by atoms with Crippen molar-refractivity contribution in [2.75, 3.05) is 35.8 Å². The molecule has 0 radical (unpaired) electrons. The van der Waals surface area contributed by atoms with Crippen molar-refractivity contribution in [3.05, 3.63) is 12.7 Å². The van der Waals surface area contributed by atoms with Crippen LogP contribution in [0.15, 0.2) is 12.7 Å². The van der Waals surface area contributed by atoms with Gasteiger partial charge in [-0.2, -0.15) is 15.0 Å². The molecule has 1 aromatic rings. The van der Waals surface area contributed by atoms with Crippen molar-refractivity contribution in [3.63, 3.8) is 0 Å². The van der Waals surface area contributed by atoms with Gasteiger partial charge in [0.1, 0.15) is 0 Å². The second-order valence-electron chi connectivity index (χ2n) is 3.86. The number of nitrogens with one attached hydrogen (secondary N) is 3. The second-order valence-corrected chi connectivity index (χ2v) is 3.86. The van der Waals surface area contributed by atoms with Crippen LogP contribution in [0.3, 0.4) is 0 Å². The maximum absolute atomic E-state index is 5.11. The van der Waals surface area contributed by atoms with E-state index in [-0.39, 0.29) is 12.4 Å². The first-order valence-corrected chi connectivity index (χ1v) is 6.52. The van der Waals surface area contributed by atoms with Crippen LogP contribution in [0.5, 0.6) is 0 Å². The topological polar surface area (TPSA) is 84.0 Å². The van der Waals surface area contributed by atoms with Gasteiger partial charge in [0.15, 0.2) is 0 Å². The largest absolute Gasteiger partial charge is 0.354 e. The molecule has 0 saturated carbocycles. The fourth-order valence-corrected chi connectivity index (χ4v) is 1.22. The Kier molecular flexibility index (Phi) is 10.3. The van der Waals surface area contributed by atoms with Gasteiger partial charge in [-0.1, -0.05) is 19.9 Å². The van der Waals surface area contributed by atoms with Gasteiger partial charge in [0.25, 0.3) is 5.95 Å². The highest BCUT2D eigenvalue weighted by atomic mass is 35.5. The van der Waals surface area contributed by atoms with Crippen molar-refractivity contribution >= 4 is 30.3 Å². The SMILES string of the molecule is C=CCONc1nc(NCCC)nc(NCCC)n1.Cl. The number of anilines is 3. The summed E-state index contributed by atoms with van der Waals surface area (Å²) in [6, 6.07) is 0. The molecule has 0 aliphatic rings. The minimum atomic E-state index is 0. The van der Waals surface area contributed by atoms with E-state index in [2.05, 4.69) is 51.5 Å². The number of hydrogen-bond donors (Lipinski definition) is 3. The van der Waals surface area contributed by atoms with Crippen LogP contribution < -0.4 is 16.1 Å². The van der Waals surface area contributed by atoms with Gasteiger partial charge in [-0.3, -0.25) is 4.84 Å². The molecule has 0 amide bonds. The molecule has 0 aliphatic carbocycles. The van der Waals surface area contributed by atoms with E-state index in [1.54, 1.807) is 6.08 Å². The van der Waals surface area contributed by atoms with Crippen molar-refractivity contribution in [3.8, 4) is 0 Å². The summed E-state index contributed by atoms with van der Waals surface area (Å²) in [6.45, 7) is 9.72. The van der Waals surface area contributed by atoms with Crippen molar-refractivity contribution < 1.29 is 4.84 Å². The van der Waals surface area contributed by atoms with Crippen LogP contribution in [0.25, 0.3) is 0 Å². The highest BCUT2D eigenvalue weighted by Gasteiger charge is 2.05. The summed E-state index contributed by atoms with van der Waals surface area (Å²) in [6.07, 6.45) is 3.64. The smallest absolute Gasteiger partial charge is 0.253 e. The molecule has 1 aromatic heterocycles. The third kappa shape index (κ3) is 7.10. The average Bonchev–Trinajstić information content (AvgIpc) is 2.43.